The molecule has 12 aromatic rings. The first kappa shape index (κ1) is 71.9. The van der Waals surface area contributed by atoms with Gasteiger partial charge in [0.25, 0.3) is 5.91 Å². The van der Waals surface area contributed by atoms with Gasteiger partial charge in [-0.2, -0.15) is 4.90 Å². The number of hydrogen-bond donors (Lipinski definition) is 3. The minimum atomic E-state index is -1.29. The van der Waals surface area contributed by atoms with Gasteiger partial charge in [0, 0.05) is 75.3 Å². The Morgan fingerprint density at radius 3 is 1.12 bits per heavy atom. The van der Waals surface area contributed by atoms with Crippen molar-refractivity contribution in [3.63, 3.8) is 0 Å². The first-order valence-electron chi connectivity index (χ1n) is 35.6. The summed E-state index contributed by atoms with van der Waals surface area (Å²) in [6.07, 6.45) is 0.507. The number of hydrogen-bond acceptors (Lipinski definition) is 13. The van der Waals surface area contributed by atoms with Gasteiger partial charge in [0.1, 0.15) is 10.9 Å². The fourth-order valence-corrected chi connectivity index (χ4v) is 20.6. The average molecular weight is 1530 g/mol. The second-order valence-electron chi connectivity index (χ2n) is 29.7. The number of amides is 3. The Hall–Kier alpha value is -10.3. The largest absolute Gasteiger partial charge is 0.480 e. The molecule has 2 aromatic heterocycles. The first-order chi connectivity index (χ1) is 51.8. The lowest BCUT2D eigenvalue weighted by molar-refractivity contribution is -0.140. The molecule has 2 saturated heterocycles. The van der Waals surface area contributed by atoms with E-state index in [0.717, 1.165) is 88.3 Å². The summed E-state index contributed by atoms with van der Waals surface area (Å²) < 4.78 is 0.385. The van der Waals surface area contributed by atoms with Crippen LogP contribution in [0.25, 0.3) is 71.5 Å². The number of carbonyl (C=O) groups is 4. The van der Waals surface area contributed by atoms with Gasteiger partial charge < -0.3 is 25.1 Å². The standard InChI is InChI=1S/C46H36N2O3S3.C41H35NOS.C4H3NO3S2/c1-45(2)36-11-7-5-9-32(36)34-20-17-29(23-38(34)45)48(30-18-21-35-33-10-6-8-12-37(33)46(3,4)39(35)24-30)28-15-13-27(14-16-28)40-22-19-31(53-40)25-41-43(51)47(26-42(49)50)44(52)54-41;1-40(2)35-11-7-5-9-31(35)33-20-17-28(23-37(33)40)42(27-15-13-26(14-16-27)39-22-19-30(25-43)44-39)29-18-21-34-32-10-6-8-12-36(32)41(3,4)38(34)24-29;6-2-1-10-4(9)5(2)3(7)8/h5-25H,26H2,1-4H3,(H,49,50);5-24,43H,25H2,1-4H3;1H2,(H,7,8)/b41-25-;;. The van der Waals surface area contributed by atoms with Gasteiger partial charge in [-0.15, -0.1) is 22.7 Å². The summed E-state index contributed by atoms with van der Waals surface area (Å²) in [6.45, 7) is 18.3. The maximum Gasteiger partial charge on any atom is 0.419 e. The summed E-state index contributed by atoms with van der Waals surface area (Å²) in [5.41, 5.74) is 29.9. The highest BCUT2D eigenvalue weighted by atomic mass is 32.2. The van der Waals surface area contributed by atoms with E-state index in [1.165, 1.54) is 93.9 Å². The predicted molar refractivity (Wildman–Crippen MR) is 452 cm³/mol. The lowest BCUT2D eigenvalue weighted by Crippen LogP contribution is -2.33. The number of rotatable bonds is 12. The van der Waals surface area contributed by atoms with E-state index >= 15 is 0 Å². The smallest absolute Gasteiger partial charge is 0.419 e. The van der Waals surface area contributed by atoms with Gasteiger partial charge in [0.05, 0.1) is 17.3 Å². The Morgan fingerprint density at radius 1 is 0.435 bits per heavy atom. The van der Waals surface area contributed by atoms with Crippen molar-refractivity contribution in [2.45, 2.75) is 83.7 Å². The molecule has 4 aliphatic carbocycles. The molecule has 0 radical (unpaired) electrons. The zero-order valence-corrected chi connectivity index (χ0v) is 65.4. The molecule has 536 valence electrons. The number of aliphatic carboxylic acids is 1. The normalized spacial score (nSPS) is 16.1. The van der Waals surface area contributed by atoms with Gasteiger partial charge in [0.2, 0.25) is 5.91 Å². The average Bonchev–Trinajstić information content (AvgIpc) is 1.58. The molecule has 2 aliphatic heterocycles. The van der Waals surface area contributed by atoms with E-state index < -0.39 is 24.5 Å². The highest BCUT2D eigenvalue weighted by molar-refractivity contribution is 8.26. The van der Waals surface area contributed by atoms with E-state index in [2.05, 4.69) is 308 Å². The van der Waals surface area contributed by atoms with Crippen molar-refractivity contribution in [2.24, 2.45) is 0 Å². The zero-order valence-electron chi connectivity index (χ0n) is 60.5. The number of aliphatic hydroxyl groups is 1. The minimum Gasteiger partial charge on any atom is -0.480 e. The zero-order chi connectivity index (χ0) is 75.5. The Labute approximate surface area is 655 Å². The summed E-state index contributed by atoms with van der Waals surface area (Å²) in [7, 11) is 0. The molecule has 11 nitrogen and oxygen atoms in total. The van der Waals surface area contributed by atoms with Crippen LogP contribution in [-0.2, 0) is 42.7 Å². The number of fused-ring (bicyclic) bond motifs is 12. The number of carboxylic acid groups (broad SMARTS) is 2. The van der Waals surface area contributed by atoms with Crippen LogP contribution in [0.3, 0.4) is 0 Å². The van der Waals surface area contributed by atoms with Crippen molar-refractivity contribution in [3.05, 3.63) is 302 Å². The maximum atomic E-state index is 12.9. The molecule has 4 heterocycles. The van der Waals surface area contributed by atoms with Crippen molar-refractivity contribution in [2.75, 3.05) is 22.1 Å². The molecule has 0 bridgehead atoms. The number of benzene rings is 10. The molecule has 0 atom stereocenters. The van der Waals surface area contributed by atoms with Crippen molar-refractivity contribution in [1.82, 2.24) is 9.80 Å². The lowest BCUT2D eigenvalue weighted by atomic mass is 9.82. The molecule has 108 heavy (non-hydrogen) atoms. The number of carbonyl (C=O) groups excluding carboxylic acids is 2. The van der Waals surface area contributed by atoms with Crippen LogP contribution in [-0.4, -0.2) is 69.9 Å². The molecule has 10 aromatic carbocycles. The van der Waals surface area contributed by atoms with Crippen LogP contribution < -0.4 is 9.80 Å². The van der Waals surface area contributed by atoms with Crippen molar-refractivity contribution < 1.29 is 34.5 Å². The molecule has 3 amide bonds. The first-order valence-corrected chi connectivity index (χ1v) is 39.8. The summed E-state index contributed by atoms with van der Waals surface area (Å²) in [4.78, 5) is 56.0. The van der Waals surface area contributed by atoms with Crippen molar-refractivity contribution in [3.8, 4) is 65.4 Å². The van der Waals surface area contributed by atoms with E-state index in [0.29, 0.717) is 9.81 Å². The number of imide groups is 1. The van der Waals surface area contributed by atoms with Crippen molar-refractivity contribution in [1.29, 1.82) is 0 Å². The molecule has 6 aliphatic rings. The molecular weight excluding hydrogens is 1450 g/mol. The third-order valence-corrected chi connectivity index (χ3v) is 26.9. The van der Waals surface area contributed by atoms with Crippen LogP contribution in [0.15, 0.2) is 248 Å². The van der Waals surface area contributed by atoms with E-state index in [-0.39, 0.29) is 48.6 Å². The summed E-state index contributed by atoms with van der Waals surface area (Å²) in [6, 6.07) is 88.7. The van der Waals surface area contributed by atoms with E-state index in [4.69, 9.17) is 17.3 Å². The van der Waals surface area contributed by atoms with Crippen LogP contribution in [0.4, 0.5) is 38.9 Å². The predicted octanol–water partition coefficient (Wildman–Crippen LogP) is 23.3. The van der Waals surface area contributed by atoms with Crippen LogP contribution in [0.1, 0.15) is 110 Å². The molecular formula is C91H74N4O7S6. The third kappa shape index (κ3) is 12.4. The number of anilines is 6. The second kappa shape index (κ2) is 27.7. The fraction of sp³-hybridized carbons (Fsp3) is 0.165. The number of thiophene rings is 2. The SMILES string of the molecule is CC1(C)c2ccccc2-c2ccc(N(c3ccc(-c4ccc(/C=C5\SC(=S)N(CC(=O)O)C5=O)s4)cc3)c3ccc4c(c3)C(C)(C)c3ccccc3-4)cc21.CC1(C)c2ccccc2-c2ccc(N(c3ccc(-c4ccc(CO)s4)cc3)c3ccc4c(c3)C(C)(C)c3ccccc3-4)cc21.O=C(O)N1C(=O)CSC1=S. The van der Waals surface area contributed by atoms with Crippen LogP contribution in [0.5, 0.6) is 0 Å². The minimum absolute atomic E-state index is 0.0770. The number of aliphatic hydroxyl groups excluding tert-OH is 1. The van der Waals surface area contributed by atoms with E-state index in [1.807, 2.05) is 12.1 Å². The summed E-state index contributed by atoms with van der Waals surface area (Å²) in [5, 5.41) is 27.1. The van der Waals surface area contributed by atoms with Crippen LogP contribution in [0, 0.1) is 0 Å². The van der Waals surface area contributed by atoms with E-state index in [1.54, 1.807) is 28.7 Å². The third-order valence-electron chi connectivity index (χ3n) is 21.9. The Morgan fingerprint density at radius 2 is 0.787 bits per heavy atom. The Kier molecular flexibility index (Phi) is 18.4. The van der Waals surface area contributed by atoms with Gasteiger partial charge in [-0.25, -0.2) is 4.79 Å². The van der Waals surface area contributed by atoms with Gasteiger partial charge in [-0.1, -0.05) is 249 Å². The van der Waals surface area contributed by atoms with Crippen LogP contribution in [0.2, 0.25) is 0 Å². The van der Waals surface area contributed by atoms with Gasteiger partial charge in [-0.3, -0.25) is 19.3 Å². The lowest BCUT2D eigenvalue weighted by Gasteiger charge is -2.30. The number of carboxylic acids is 1. The summed E-state index contributed by atoms with van der Waals surface area (Å²) in [5.74, 6) is -1.78. The number of thiocarbonyl (C=S) groups is 2. The highest BCUT2D eigenvalue weighted by Gasteiger charge is 2.41. The van der Waals surface area contributed by atoms with Crippen LogP contribution >= 0.6 is 70.6 Å². The van der Waals surface area contributed by atoms with Gasteiger partial charge >= 0.3 is 12.1 Å². The Bertz CT molecular complexity index is 5560. The molecule has 0 saturated carbocycles. The highest BCUT2D eigenvalue weighted by Crippen LogP contribution is 2.56. The number of nitrogens with zero attached hydrogens (tertiary/aromatic N) is 4. The molecule has 2 fully saturated rings. The summed E-state index contributed by atoms with van der Waals surface area (Å²) >= 11 is 15.3. The maximum absolute atomic E-state index is 12.9. The quantitative estimate of drug-likeness (QED) is 0.0790. The second-order valence-corrected chi connectivity index (χ2v) is 35.3. The van der Waals surface area contributed by atoms with Gasteiger partial charge in [0.15, 0.2) is 4.32 Å². The monoisotopic (exact) mass is 1530 g/mol. The molecule has 18 rings (SSSR count). The van der Waals surface area contributed by atoms with Crippen molar-refractivity contribution >= 4 is 143 Å². The van der Waals surface area contributed by atoms with Gasteiger partial charge in [-0.05, 0) is 203 Å². The molecule has 17 heteroatoms. The number of thioether (sulfide) groups is 2. The molecule has 0 unspecified atom stereocenters. The van der Waals surface area contributed by atoms with E-state index in [9.17, 15) is 29.4 Å². The topological polar surface area (TPSA) is 142 Å². The molecule has 0 spiro atoms. The fourth-order valence-electron chi connectivity index (χ4n) is 16.4. The molecule has 3 N–H and O–H groups in total. The Balaban J connectivity index is 0.000000148.